The summed E-state index contributed by atoms with van der Waals surface area (Å²) in [4.78, 5) is 0. The van der Waals surface area contributed by atoms with Crippen molar-refractivity contribution in [1.82, 2.24) is 0 Å². The Kier molecular flexibility index (Phi) is 6.83. The van der Waals surface area contributed by atoms with E-state index >= 15 is 0 Å². The molecule has 0 aromatic rings. The minimum absolute atomic E-state index is 0.130. The van der Waals surface area contributed by atoms with Gasteiger partial charge in [-0.05, 0) is 18.4 Å². The van der Waals surface area contributed by atoms with Gasteiger partial charge < -0.3 is 8.85 Å². The summed E-state index contributed by atoms with van der Waals surface area (Å²) in [6.45, 7) is 17.2. The molecular weight excluding hydrogens is 216 g/mol. The van der Waals surface area contributed by atoms with Crippen LogP contribution in [0.4, 0.5) is 0 Å². The lowest BCUT2D eigenvalue weighted by molar-refractivity contribution is 0.139. The molecule has 2 nitrogen and oxygen atoms in total. The molecule has 0 radical (unpaired) electrons. The van der Waals surface area contributed by atoms with Crippen LogP contribution in [0, 0.1) is 0 Å². The molecular formula is C13H30O2Si. The van der Waals surface area contributed by atoms with E-state index in [1.807, 2.05) is 0 Å². The van der Waals surface area contributed by atoms with E-state index in [0.29, 0.717) is 5.54 Å². The van der Waals surface area contributed by atoms with Crippen molar-refractivity contribution in [3.8, 4) is 0 Å². The number of hydrogen-bond acceptors (Lipinski definition) is 2. The fraction of sp³-hybridized carbons (Fsp3) is 1.00. The molecule has 0 atom stereocenters. The molecule has 0 N–H and O–H groups in total. The van der Waals surface area contributed by atoms with E-state index in [0.717, 1.165) is 26.1 Å². The third-order valence-corrected chi connectivity index (χ3v) is 7.72. The molecule has 0 fully saturated rings. The largest absolute Gasteiger partial charge is 0.394 e. The first-order chi connectivity index (χ1) is 7.31. The summed E-state index contributed by atoms with van der Waals surface area (Å²) in [7, 11) is -2.12. The third-order valence-electron chi connectivity index (χ3n) is 2.85. The zero-order valence-electron chi connectivity index (χ0n) is 12.2. The maximum absolute atomic E-state index is 6.22. The number of rotatable bonds is 7. The Labute approximate surface area is 103 Å². The lowest BCUT2D eigenvalue weighted by Gasteiger charge is -2.43. The summed E-state index contributed by atoms with van der Waals surface area (Å²) in [6, 6.07) is 0. The summed E-state index contributed by atoms with van der Waals surface area (Å²) in [5, 5.41) is 0.130. The van der Waals surface area contributed by atoms with Gasteiger partial charge in [-0.15, -0.1) is 0 Å². The molecule has 16 heavy (non-hydrogen) atoms. The standard InChI is InChI=1S/C13H30O2Si/c1-8-10-14-16(12(3)4,13(5,6)7)15-11-9-2/h12H,8-11H2,1-7H3. The molecule has 0 saturated heterocycles. The highest BCUT2D eigenvalue weighted by atomic mass is 28.4. The summed E-state index contributed by atoms with van der Waals surface area (Å²) < 4.78 is 12.4. The topological polar surface area (TPSA) is 18.5 Å². The van der Waals surface area contributed by atoms with E-state index in [-0.39, 0.29) is 5.04 Å². The van der Waals surface area contributed by atoms with Crippen LogP contribution in [0.5, 0.6) is 0 Å². The van der Waals surface area contributed by atoms with Crippen LogP contribution in [0.1, 0.15) is 61.3 Å². The van der Waals surface area contributed by atoms with E-state index in [4.69, 9.17) is 8.85 Å². The Morgan fingerprint density at radius 2 is 1.31 bits per heavy atom. The van der Waals surface area contributed by atoms with E-state index in [1.165, 1.54) is 0 Å². The molecule has 3 heteroatoms. The van der Waals surface area contributed by atoms with Crippen molar-refractivity contribution < 1.29 is 8.85 Å². The molecule has 0 aromatic carbocycles. The summed E-state index contributed by atoms with van der Waals surface area (Å²) in [5.41, 5.74) is 0.491. The van der Waals surface area contributed by atoms with Gasteiger partial charge in [0, 0.05) is 18.3 Å². The zero-order chi connectivity index (χ0) is 12.8. The molecule has 0 spiro atoms. The maximum Gasteiger partial charge on any atom is 0.346 e. The predicted octanol–water partition coefficient (Wildman–Crippen LogP) is 4.49. The quantitative estimate of drug-likeness (QED) is 0.616. The van der Waals surface area contributed by atoms with Gasteiger partial charge in [0.25, 0.3) is 0 Å². The molecule has 0 heterocycles. The average Bonchev–Trinajstić information content (AvgIpc) is 2.16. The first-order valence-electron chi connectivity index (χ1n) is 6.59. The fourth-order valence-electron chi connectivity index (χ4n) is 2.18. The Bertz CT molecular complexity index is 177. The predicted molar refractivity (Wildman–Crippen MR) is 73.1 cm³/mol. The Balaban J connectivity index is 4.90. The third kappa shape index (κ3) is 3.86. The minimum atomic E-state index is -2.12. The van der Waals surface area contributed by atoms with Crippen LogP contribution in [0.2, 0.25) is 10.6 Å². The van der Waals surface area contributed by atoms with Crippen molar-refractivity contribution in [1.29, 1.82) is 0 Å². The molecule has 0 aliphatic carbocycles. The van der Waals surface area contributed by atoms with Gasteiger partial charge in [0.1, 0.15) is 0 Å². The maximum atomic E-state index is 6.22. The summed E-state index contributed by atoms with van der Waals surface area (Å²) in [6.07, 6.45) is 2.13. The molecule has 0 rings (SSSR count). The SMILES string of the molecule is CCCO[Si](OCCC)(C(C)C)C(C)(C)C. The fourth-order valence-corrected chi connectivity index (χ4v) is 6.54. The lowest BCUT2D eigenvalue weighted by Crippen LogP contribution is -2.53. The van der Waals surface area contributed by atoms with Gasteiger partial charge in [-0.2, -0.15) is 0 Å². The van der Waals surface area contributed by atoms with Crippen LogP contribution in [0.3, 0.4) is 0 Å². The van der Waals surface area contributed by atoms with E-state index in [1.54, 1.807) is 0 Å². The van der Waals surface area contributed by atoms with Crippen LogP contribution in [-0.2, 0) is 8.85 Å². The zero-order valence-corrected chi connectivity index (χ0v) is 13.2. The van der Waals surface area contributed by atoms with Crippen molar-refractivity contribution in [3.63, 3.8) is 0 Å². The molecule has 0 aliphatic rings. The van der Waals surface area contributed by atoms with Crippen molar-refractivity contribution >= 4 is 8.56 Å². The summed E-state index contributed by atoms with van der Waals surface area (Å²) >= 11 is 0. The van der Waals surface area contributed by atoms with Gasteiger partial charge in [0.15, 0.2) is 0 Å². The van der Waals surface area contributed by atoms with Gasteiger partial charge >= 0.3 is 8.56 Å². The highest BCUT2D eigenvalue weighted by Gasteiger charge is 2.51. The first kappa shape index (κ1) is 16.1. The molecule has 0 saturated carbocycles. The minimum Gasteiger partial charge on any atom is -0.394 e. The van der Waals surface area contributed by atoms with Gasteiger partial charge in [-0.25, -0.2) is 0 Å². The molecule has 0 bridgehead atoms. The van der Waals surface area contributed by atoms with E-state index < -0.39 is 8.56 Å². The highest BCUT2D eigenvalue weighted by molar-refractivity contribution is 6.71. The highest BCUT2D eigenvalue weighted by Crippen LogP contribution is 2.44. The van der Waals surface area contributed by atoms with Gasteiger partial charge in [0.05, 0.1) is 0 Å². The van der Waals surface area contributed by atoms with Crippen LogP contribution >= 0.6 is 0 Å². The van der Waals surface area contributed by atoms with E-state index in [2.05, 4.69) is 48.5 Å². The number of hydrogen-bond donors (Lipinski definition) is 0. The lowest BCUT2D eigenvalue weighted by atomic mass is 10.2. The smallest absolute Gasteiger partial charge is 0.346 e. The van der Waals surface area contributed by atoms with Crippen molar-refractivity contribution in [2.45, 2.75) is 71.9 Å². The second-order valence-corrected chi connectivity index (χ2v) is 10.3. The molecule has 0 unspecified atom stereocenters. The second kappa shape index (κ2) is 6.77. The van der Waals surface area contributed by atoms with Crippen LogP contribution in [0.15, 0.2) is 0 Å². The molecule has 0 amide bonds. The van der Waals surface area contributed by atoms with Crippen molar-refractivity contribution in [2.24, 2.45) is 0 Å². The molecule has 98 valence electrons. The Hall–Kier alpha value is 0.137. The van der Waals surface area contributed by atoms with Crippen molar-refractivity contribution in [3.05, 3.63) is 0 Å². The van der Waals surface area contributed by atoms with Crippen molar-refractivity contribution in [2.75, 3.05) is 13.2 Å². The average molecular weight is 246 g/mol. The second-order valence-electron chi connectivity index (χ2n) is 5.77. The van der Waals surface area contributed by atoms with Gasteiger partial charge in [-0.3, -0.25) is 0 Å². The normalized spacial score (nSPS) is 13.5. The van der Waals surface area contributed by atoms with Gasteiger partial charge in [0.2, 0.25) is 0 Å². The van der Waals surface area contributed by atoms with E-state index in [9.17, 15) is 0 Å². The molecule has 0 aromatic heterocycles. The van der Waals surface area contributed by atoms with Crippen LogP contribution < -0.4 is 0 Å². The van der Waals surface area contributed by atoms with Crippen LogP contribution in [0.25, 0.3) is 0 Å². The molecule has 0 aliphatic heterocycles. The first-order valence-corrected chi connectivity index (χ1v) is 8.49. The van der Waals surface area contributed by atoms with Gasteiger partial charge in [-0.1, -0.05) is 48.5 Å². The Morgan fingerprint density at radius 1 is 0.938 bits per heavy atom. The summed E-state index contributed by atoms with van der Waals surface area (Å²) in [5.74, 6) is 0. The monoisotopic (exact) mass is 246 g/mol. The Morgan fingerprint density at radius 3 is 1.50 bits per heavy atom. The van der Waals surface area contributed by atoms with Crippen LogP contribution in [-0.4, -0.2) is 21.8 Å².